The van der Waals surface area contributed by atoms with Crippen LogP contribution in [0.1, 0.15) is 0 Å². The van der Waals surface area contributed by atoms with E-state index in [2.05, 4.69) is 19.9 Å². The van der Waals surface area contributed by atoms with Crippen molar-refractivity contribution in [3.63, 3.8) is 0 Å². The molecular weight excluding hydrogens is 348 g/mol. The van der Waals surface area contributed by atoms with Gasteiger partial charge in [-0.25, -0.2) is 14.8 Å². The van der Waals surface area contributed by atoms with Crippen LogP contribution in [0.4, 0.5) is 0 Å². The minimum absolute atomic E-state index is 0.327. The number of hydrogen-bond donors (Lipinski definition) is 0. The predicted molar refractivity (Wildman–Crippen MR) is 99.5 cm³/mol. The Kier molecular flexibility index (Phi) is 4.78. The molecule has 9 heteroatoms. The highest BCUT2D eigenvalue weighted by Gasteiger charge is 2.16. The van der Waals surface area contributed by atoms with Crippen LogP contribution in [0.25, 0.3) is 22.4 Å². The first kappa shape index (κ1) is 17.5. The summed E-state index contributed by atoms with van der Waals surface area (Å²) in [6, 6.07) is 3.56. The molecule has 4 rings (SSSR count). The summed E-state index contributed by atoms with van der Waals surface area (Å²) in [6.45, 7) is 3.92. The molecule has 1 saturated heterocycles. The maximum Gasteiger partial charge on any atom is 0.332 e. The lowest BCUT2D eigenvalue weighted by molar-refractivity contribution is 0.0361. The Morgan fingerprint density at radius 1 is 1.11 bits per heavy atom. The van der Waals surface area contributed by atoms with E-state index in [1.54, 1.807) is 31.6 Å². The first-order chi connectivity index (χ1) is 13.1. The number of ether oxygens (including phenoxy) is 1. The molecule has 0 atom stereocenters. The number of rotatable bonds is 4. The molecule has 0 N–H and O–H groups in total. The molecule has 27 heavy (non-hydrogen) atoms. The predicted octanol–water partition coefficient (Wildman–Crippen LogP) is -0.116. The summed E-state index contributed by atoms with van der Waals surface area (Å²) in [5.41, 5.74) is 0.369. The summed E-state index contributed by atoms with van der Waals surface area (Å²) in [6.07, 6.45) is 4.78. The Bertz CT molecular complexity index is 1070. The SMILES string of the molecule is Cn1c(=O)n(CCN2CCOCC2)c(=O)c2cnc(-c3ccncc3)nc21. The van der Waals surface area contributed by atoms with Gasteiger partial charge in [0.05, 0.1) is 13.2 Å². The smallest absolute Gasteiger partial charge is 0.332 e. The van der Waals surface area contributed by atoms with Crippen molar-refractivity contribution in [3.8, 4) is 11.4 Å². The van der Waals surface area contributed by atoms with E-state index < -0.39 is 0 Å². The van der Waals surface area contributed by atoms with Crippen molar-refractivity contribution < 1.29 is 4.74 Å². The van der Waals surface area contributed by atoms with Crippen LogP contribution in [0, 0.1) is 0 Å². The maximum atomic E-state index is 12.8. The molecule has 1 aliphatic rings. The van der Waals surface area contributed by atoms with Gasteiger partial charge in [-0.1, -0.05) is 0 Å². The third kappa shape index (κ3) is 3.38. The Labute approximate surface area is 154 Å². The topological polar surface area (TPSA) is 95.1 Å². The fourth-order valence-electron chi connectivity index (χ4n) is 3.19. The number of aromatic nitrogens is 5. The zero-order chi connectivity index (χ0) is 18.8. The van der Waals surface area contributed by atoms with E-state index in [0.29, 0.717) is 43.2 Å². The van der Waals surface area contributed by atoms with Gasteiger partial charge in [0.2, 0.25) is 0 Å². The Morgan fingerprint density at radius 2 is 1.85 bits per heavy atom. The third-order valence-electron chi connectivity index (χ3n) is 4.76. The maximum absolute atomic E-state index is 12.8. The minimum atomic E-state index is -0.375. The van der Waals surface area contributed by atoms with Crippen molar-refractivity contribution in [1.82, 2.24) is 29.0 Å². The number of pyridine rings is 1. The molecular formula is C18H20N6O3. The highest BCUT2D eigenvalue weighted by atomic mass is 16.5. The lowest BCUT2D eigenvalue weighted by Crippen LogP contribution is -2.44. The van der Waals surface area contributed by atoms with Gasteiger partial charge in [-0.05, 0) is 12.1 Å². The number of hydrogen-bond acceptors (Lipinski definition) is 7. The molecule has 140 valence electrons. The van der Waals surface area contributed by atoms with Crippen molar-refractivity contribution >= 4 is 11.0 Å². The monoisotopic (exact) mass is 368 g/mol. The van der Waals surface area contributed by atoms with E-state index >= 15 is 0 Å². The van der Waals surface area contributed by atoms with E-state index in [9.17, 15) is 9.59 Å². The van der Waals surface area contributed by atoms with Crippen LogP contribution in [0.15, 0.2) is 40.3 Å². The van der Waals surface area contributed by atoms with Gasteiger partial charge in [-0.3, -0.25) is 23.8 Å². The van der Waals surface area contributed by atoms with E-state index in [4.69, 9.17) is 4.74 Å². The van der Waals surface area contributed by atoms with Gasteiger partial charge in [0.25, 0.3) is 5.56 Å². The molecule has 0 bridgehead atoms. The summed E-state index contributed by atoms with van der Waals surface area (Å²) >= 11 is 0. The van der Waals surface area contributed by atoms with Gasteiger partial charge in [0.15, 0.2) is 11.5 Å². The fourth-order valence-corrected chi connectivity index (χ4v) is 3.19. The number of morpholine rings is 1. The Hall–Kier alpha value is -2.91. The van der Waals surface area contributed by atoms with Gasteiger partial charge in [0, 0.05) is 57.4 Å². The first-order valence-electron chi connectivity index (χ1n) is 8.82. The summed E-state index contributed by atoms with van der Waals surface area (Å²) in [5, 5.41) is 0.330. The summed E-state index contributed by atoms with van der Waals surface area (Å²) in [7, 11) is 1.62. The molecule has 0 spiro atoms. The van der Waals surface area contributed by atoms with Crippen molar-refractivity contribution in [2.75, 3.05) is 32.8 Å². The van der Waals surface area contributed by atoms with Crippen LogP contribution in [0.2, 0.25) is 0 Å². The van der Waals surface area contributed by atoms with Crippen LogP contribution in [-0.4, -0.2) is 61.8 Å². The first-order valence-corrected chi connectivity index (χ1v) is 8.82. The second kappa shape index (κ2) is 7.37. The number of fused-ring (bicyclic) bond motifs is 1. The molecule has 1 fully saturated rings. The molecule has 3 aromatic heterocycles. The summed E-state index contributed by atoms with van der Waals surface area (Å²) in [4.78, 5) is 40.5. The van der Waals surface area contributed by atoms with Gasteiger partial charge in [-0.2, -0.15) is 0 Å². The van der Waals surface area contributed by atoms with Crippen LogP contribution in [0.3, 0.4) is 0 Å². The number of aryl methyl sites for hydroxylation is 1. The normalized spacial score (nSPS) is 15.3. The van der Waals surface area contributed by atoms with E-state index in [0.717, 1.165) is 18.7 Å². The zero-order valence-electron chi connectivity index (χ0n) is 15.0. The Balaban J connectivity index is 1.72. The van der Waals surface area contributed by atoms with Gasteiger partial charge < -0.3 is 4.74 Å². The fraction of sp³-hybridized carbons (Fsp3) is 0.389. The third-order valence-corrected chi connectivity index (χ3v) is 4.76. The average molecular weight is 368 g/mol. The lowest BCUT2D eigenvalue weighted by atomic mass is 10.2. The van der Waals surface area contributed by atoms with Crippen LogP contribution >= 0.6 is 0 Å². The van der Waals surface area contributed by atoms with Crippen LogP contribution in [-0.2, 0) is 18.3 Å². The van der Waals surface area contributed by atoms with Gasteiger partial charge in [-0.15, -0.1) is 0 Å². The van der Waals surface area contributed by atoms with E-state index in [1.807, 2.05) is 0 Å². The highest BCUT2D eigenvalue weighted by molar-refractivity contribution is 5.75. The highest BCUT2D eigenvalue weighted by Crippen LogP contribution is 2.14. The molecule has 0 aliphatic carbocycles. The Morgan fingerprint density at radius 3 is 2.59 bits per heavy atom. The quantitative estimate of drug-likeness (QED) is 0.634. The summed E-state index contributed by atoms with van der Waals surface area (Å²) < 4.78 is 7.99. The van der Waals surface area contributed by atoms with Crippen molar-refractivity contribution in [2.24, 2.45) is 7.05 Å². The molecule has 9 nitrogen and oxygen atoms in total. The van der Waals surface area contributed by atoms with Crippen molar-refractivity contribution in [2.45, 2.75) is 6.54 Å². The molecule has 1 aliphatic heterocycles. The summed E-state index contributed by atoms with van der Waals surface area (Å²) in [5.74, 6) is 0.449. The van der Waals surface area contributed by atoms with E-state index in [1.165, 1.54) is 15.3 Å². The van der Waals surface area contributed by atoms with Crippen molar-refractivity contribution in [1.29, 1.82) is 0 Å². The van der Waals surface area contributed by atoms with Gasteiger partial charge >= 0.3 is 5.69 Å². The second-order valence-corrected chi connectivity index (χ2v) is 6.42. The number of nitrogens with zero attached hydrogens (tertiary/aromatic N) is 6. The minimum Gasteiger partial charge on any atom is -0.379 e. The standard InChI is InChI=1S/C18H20N6O3/c1-22-16-14(12-20-15(21-16)13-2-4-19-5-3-13)17(25)24(18(22)26)7-6-23-8-10-27-11-9-23/h2-5,12H,6-11H2,1H3. The van der Waals surface area contributed by atoms with Crippen LogP contribution < -0.4 is 11.2 Å². The van der Waals surface area contributed by atoms with E-state index in [-0.39, 0.29) is 11.2 Å². The molecule has 0 saturated carbocycles. The lowest BCUT2D eigenvalue weighted by Gasteiger charge is -2.26. The molecule has 0 unspecified atom stereocenters. The molecule has 0 aromatic carbocycles. The van der Waals surface area contributed by atoms with Crippen molar-refractivity contribution in [3.05, 3.63) is 51.6 Å². The molecule has 0 amide bonds. The molecule has 4 heterocycles. The zero-order valence-corrected chi connectivity index (χ0v) is 15.0. The average Bonchev–Trinajstić information content (AvgIpc) is 2.73. The van der Waals surface area contributed by atoms with Crippen LogP contribution in [0.5, 0.6) is 0 Å². The van der Waals surface area contributed by atoms with Gasteiger partial charge in [0.1, 0.15) is 5.39 Å². The second-order valence-electron chi connectivity index (χ2n) is 6.42. The molecule has 0 radical (unpaired) electrons. The largest absolute Gasteiger partial charge is 0.379 e. The molecule has 3 aromatic rings.